The van der Waals surface area contributed by atoms with Crippen molar-refractivity contribution in [3.63, 3.8) is 0 Å². The second-order valence-electron chi connectivity index (χ2n) is 10.8. The first-order chi connectivity index (χ1) is 18.5. The number of ether oxygens (including phenoxy) is 1. The quantitative estimate of drug-likeness (QED) is 0.438. The highest BCUT2D eigenvalue weighted by Crippen LogP contribution is 2.38. The number of anilines is 3. The largest absolute Gasteiger partial charge is 0.488 e. The zero-order valence-corrected chi connectivity index (χ0v) is 22.3. The van der Waals surface area contributed by atoms with Crippen LogP contribution in [0.15, 0.2) is 23.1 Å². The summed E-state index contributed by atoms with van der Waals surface area (Å²) in [6.07, 6.45) is 3.64. The topological polar surface area (TPSA) is 115 Å². The van der Waals surface area contributed by atoms with Gasteiger partial charge in [-0.05, 0) is 69.5 Å². The van der Waals surface area contributed by atoms with Crippen molar-refractivity contribution in [2.75, 3.05) is 23.8 Å². The van der Waals surface area contributed by atoms with Crippen molar-refractivity contribution in [1.82, 2.24) is 34.7 Å². The predicted octanol–water partition coefficient (Wildman–Crippen LogP) is 3.33. The molecule has 2 aliphatic rings. The fraction of sp³-hybridized carbons (Fsp3) is 0.560. The number of piperidine rings is 1. The predicted molar refractivity (Wildman–Crippen MR) is 138 cm³/mol. The standard InChI is InChI=1S/C25H32F3N9O2/c1-14(26)13-39-21-9-17(27)19(10-20(21)37-24(38)35(4)33-34-37)31-23-29-12-18(28)22(32-23)30-15-8-16-6-5-7-36(16)25(2,3)11-15/h9-10,12,14-16H,5-8,11,13H2,1-4H3,(H2,29,30,31,32)/t14?,15-,16+/m1/s1. The van der Waals surface area contributed by atoms with Crippen molar-refractivity contribution >= 4 is 17.5 Å². The molecule has 5 rings (SSSR count). The maximum absolute atomic E-state index is 15.1. The van der Waals surface area contributed by atoms with Gasteiger partial charge in [-0.25, -0.2) is 22.9 Å². The molecule has 0 bridgehead atoms. The second-order valence-corrected chi connectivity index (χ2v) is 10.8. The molecule has 11 nitrogen and oxygen atoms in total. The number of fused-ring (bicyclic) bond motifs is 1. The Kier molecular flexibility index (Phi) is 7.23. The van der Waals surface area contributed by atoms with Crippen molar-refractivity contribution < 1.29 is 17.9 Å². The number of halogens is 3. The summed E-state index contributed by atoms with van der Waals surface area (Å²) in [5.74, 6) is -1.55. The number of alkyl halides is 1. The molecule has 14 heteroatoms. The number of benzene rings is 1. The molecule has 1 aromatic carbocycles. The molecule has 0 spiro atoms. The average Bonchev–Trinajstić information content (AvgIpc) is 3.48. The monoisotopic (exact) mass is 547 g/mol. The summed E-state index contributed by atoms with van der Waals surface area (Å²) in [7, 11) is 1.40. The van der Waals surface area contributed by atoms with Gasteiger partial charge in [0.2, 0.25) is 5.95 Å². The van der Waals surface area contributed by atoms with Gasteiger partial charge in [0.15, 0.2) is 17.5 Å². The number of tetrazole rings is 1. The van der Waals surface area contributed by atoms with Crippen molar-refractivity contribution in [3.05, 3.63) is 40.4 Å². The Hall–Kier alpha value is -3.68. The molecule has 0 radical (unpaired) electrons. The molecule has 2 fully saturated rings. The SMILES string of the molecule is CC(F)COc1cc(F)c(Nc2ncc(F)c(N[C@@H]3C[C@@H]4CCCN4C(C)(C)C3)n2)cc1-n1nnn(C)c1=O. The van der Waals surface area contributed by atoms with E-state index in [2.05, 4.69) is 49.8 Å². The molecular formula is C25H32F3N9O2. The Morgan fingerprint density at radius 2 is 2.03 bits per heavy atom. The van der Waals surface area contributed by atoms with Crippen LogP contribution in [0.2, 0.25) is 0 Å². The summed E-state index contributed by atoms with van der Waals surface area (Å²) >= 11 is 0. The molecule has 4 heterocycles. The molecule has 0 saturated carbocycles. The van der Waals surface area contributed by atoms with E-state index in [1.54, 1.807) is 0 Å². The van der Waals surface area contributed by atoms with Crippen LogP contribution in [0.4, 0.5) is 30.6 Å². The Morgan fingerprint density at radius 1 is 1.23 bits per heavy atom. The minimum atomic E-state index is -1.33. The average molecular weight is 548 g/mol. The van der Waals surface area contributed by atoms with Crippen molar-refractivity contribution in [2.24, 2.45) is 7.05 Å². The molecule has 2 N–H and O–H groups in total. The van der Waals surface area contributed by atoms with Crippen molar-refractivity contribution in [2.45, 2.75) is 70.2 Å². The fourth-order valence-electron chi connectivity index (χ4n) is 5.55. The van der Waals surface area contributed by atoms with E-state index in [1.807, 2.05) is 0 Å². The van der Waals surface area contributed by atoms with Crippen LogP contribution in [0.25, 0.3) is 5.69 Å². The first-order valence-corrected chi connectivity index (χ1v) is 12.9. The third kappa shape index (κ3) is 5.56. The Morgan fingerprint density at radius 3 is 2.74 bits per heavy atom. The Balaban J connectivity index is 1.41. The van der Waals surface area contributed by atoms with Gasteiger partial charge in [0.1, 0.15) is 24.2 Å². The van der Waals surface area contributed by atoms with Crippen LogP contribution >= 0.6 is 0 Å². The number of hydrogen-bond donors (Lipinski definition) is 2. The number of nitrogens with zero attached hydrogens (tertiary/aromatic N) is 7. The first kappa shape index (κ1) is 26.9. The van der Waals surface area contributed by atoms with Crippen LogP contribution in [0.1, 0.15) is 46.5 Å². The number of nitrogens with one attached hydrogen (secondary N) is 2. The lowest BCUT2D eigenvalue weighted by molar-refractivity contribution is 0.0500. The van der Waals surface area contributed by atoms with E-state index in [1.165, 1.54) is 20.0 Å². The van der Waals surface area contributed by atoms with Crippen LogP contribution in [0, 0.1) is 11.6 Å². The summed E-state index contributed by atoms with van der Waals surface area (Å²) in [5, 5.41) is 13.4. The smallest absolute Gasteiger partial charge is 0.368 e. The summed E-state index contributed by atoms with van der Waals surface area (Å²) < 4.78 is 50.6. The molecule has 39 heavy (non-hydrogen) atoms. The zero-order chi connectivity index (χ0) is 27.9. The van der Waals surface area contributed by atoms with Gasteiger partial charge in [-0.3, -0.25) is 4.90 Å². The lowest BCUT2D eigenvalue weighted by Crippen LogP contribution is -2.55. The van der Waals surface area contributed by atoms with Crippen LogP contribution < -0.4 is 21.1 Å². The molecule has 3 atom stereocenters. The molecule has 210 valence electrons. The Bertz CT molecular complexity index is 1410. The third-order valence-electron chi connectivity index (χ3n) is 7.26. The number of aryl methyl sites for hydroxylation is 1. The molecule has 2 aliphatic heterocycles. The van der Waals surface area contributed by atoms with Crippen LogP contribution in [0.5, 0.6) is 5.75 Å². The molecule has 0 aliphatic carbocycles. The summed E-state index contributed by atoms with van der Waals surface area (Å²) in [6.45, 7) is 6.40. The summed E-state index contributed by atoms with van der Waals surface area (Å²) in [4.78, 5) is 23.2. The van der Waals surface area contributed by atoms with Crippen molar-refractivity contribution in [3.8, 4) is 11.4 Å². The lowest BCUT2D eigenvalue weighted by atomic mass is 9.84. The van der Waals surface area contributed by atoms with E-state index in [9.17, 15) is 13.6 Å². The number of hydrogen-bond acceptors (Lipinski definition) is 9. The molecule has 3 aromatic rings. The van der Waals surface area contributed by atoms with E-state index in [0.717, 1.165) is 53.9 Å². The fourth-order valence-corrected chi connectivity index (χ4v) is 5.55. The maximum atomic E-state index is 15.1. The van der Waals surface area contributed by atoms with Gasteiger partial charge in [-0.1, -0.05) is 0 Å². The van der Waals surface area contributed by atoms with E-state index < -0.39 is 23.5 Å². The zero-order valence-electron chi connectivity index (χ0n) is 22.3. The minimum absolute atomic E-state index is 0.0118. The van der Waals surface area contributed by atoms with Crippen LogP contribution in [-0.2, 0) is 7.05 Å². The van der Waals surface area contributed by atoms with Gasteiger partial charge >= 0.3 is 5.69 Å². The van der Waals surface area contributed by atoms with Gasteiger partial charge in [-0.2, -0.15) is 14.3 Å². The highest BCUT2D eigenvalue weighted by atomic mass is 19.1. The second kappa shape index (κ2) is 10.5. The van der Waals surface area contributed by atoms with E-state index in [-0.39, 0.29) is 47.1 Å². The first-order valence-electron chi connectivity index (χ1n) is 12.9. The molecule has 0 amide bonds. The number of aromatic nitrogens is 6. The summed E-state index contributed by atoms with van der Waals surface area (Å²) in [5.41, 5.74) is -0.736. The highest BCUT2D eigenvalue weighted by Gasteiger charge is 2.43. The molecule has 2 saturated heterocycles. The normalized spacial score (nSPS) is 21.4. The van der Waals surface area contributed by atoms with Crippen LogP contribution in [-0.4, -0.2) is 71.6 Å². The van der Waals surface area contributed by atoms with E-state index >= 15 is 4.39 Å². The molecule has 2 aromatic heterocycles. The molecular weight excluding hydrogens is 515 g/mol. The lowest BCUT2D eigenvalue weighted by Gasteiger charge is -2.47. The highest BCUT2D eigenvalue weighted by molar-refractivity contribution is 5.63. The van der Waals surface area contributed by atoms with E-state index in [0.29, 0.717) is 6.04 Å². The van der Waals surface area contributed by atoms with Crippen LogP contribution in [0.3, 0.4) is 0 Å². The van der Waals surface area contributed by atoms with Crippen molar-refractivity contribution in [1.29, 1.82) is 0 Å². The van der Waals surface area contributed by atoms with Gasteiger partial charge in [0.25, 0.3) is 0 Å². The summed E-state index contributed by atoms with van der Waals surface area (Å²) in [6, 6.07) is 2.70. The molecule has 1 unspecified atom stereocenters. The number of rotatable bonds is 8. The maximum Gasteiger partial charge on any atom is 0.368 e. The van der Waals surface area contributed by atoms with Gasteiger partial charge in [-0.15, -0.1) is 0 Å². The minimum Gasteiger partial charge on any atom is -0.488 e. The van der Waals surface area contributed by atoms with Gasteiger partial charge in [0, 0.05) is 30.7 Å². The van der Waals surface area contributed by atoms with E-state index in [4.69, 9.17) is 4.74 Å². The third-order valence-corrected chi connectivity index (χ3v) is 7.26. The van der Waals surface area contributed by atoms with Gasteiger partial charge in [0.05, 0.1) is 11.9 Å². The Labute approximate surface area is 223 Å². The van der Waals surface area contributed by atoms with Gasteiger partial charge < -0.3 is 15.4 Å².